The third-order valence-electron chi connectivity index (χ3n) is 5.48. The number of hydrogen-bond acceptors (Lipinski definition) is 2. The summed E-state index contributed by atoms with van der Waals surface area (Å²) in [5.41, 5.74) is 3.85. The summed E-state index contributed by atoms with van der Waals surface area (Å²) >= 11 is 3.63. The summed E-state index contributed by atoms with van der Waals surface area (Å²) in [6.07, 6.45) is 14.2. The Morgan fingerprint density at radius 2 is 1.64 bits per heavy atom. The topological polar surface area (TPSA) is 25.8 Å². The molecule has 2 nitrogen and oxygen atoms in total. The van der Waals surface area contributed by atoms with E-state index in [4.69, 9.17) is 0 Å². The molecule has 0 amide bonds. The van der Waals surface area contributed by atoms with Crippen LogP contribution in [0.15, 0.2) is 36.7 Å². The number of aromatic nitrogens is 2. The first-order valence-corrected chi connectivity index (χ1v) is 10.9. The minimum absolute atomic E-state index is 0.728. The monoisotopic (exact) mass is 400 g/mol. The molecule has 1 heterocycles. The lowest BCUT2D eigenvalue weighted by atomic mass is 9.79. The molecule has 1 aromatic heterocycles. The minimum atomic E-state index is 0.728. The molecule has 25 heavy (non-hydrogen) atoms. The third-order valence-corrected chi connectivity index (χ3v) is 6.40. The van der Waals surface area contributed by atoms with Crippen LogP contribution < -0.4 is 0 Å². The Morgan fingerprint density at radius 1 is 0.960 bits per heavy atom. The highest BCUT2D eigenvalue weighted by molar-refractivity contribution is 9.09. The molecule has 0 bridgehead atoms. The average molecular weight is 401 g/mol. The minimum Gasteiger partial charge on any atom is -0.236 e. The second-order valence-electron chi connectivity index (χ2n) is 7.37. The zero-order chi connectivity index (χ0) is 17.5. The number of halogens is 1. The summed E-state index contributed by atoms with van der Waals surface area (Å²) in [5.74, 6) is 2.44. The van der Waals surface area contributed by atoms with Gasteiger partial charge in [0, 0.05) is 23.3 Å². The first kappa shape index (κ1) is 18.6. The molecule has 1 fully saturated rings. The van der Waals surface area contributed by atoms with E-state index in [0.29, 0.717) is 0 Å². The van der Waals surface area contributed by atoms with E-state index in [1.165, 1.54) is 56.1 Å². The van der Waals surface area contributed by atoms with Gasteiger partial charge in [-0.05, 0) is 61.5 Å². The van der Waals surface area contributed by atoms with Gasteiger partial charge in [-0.15, -0.1) is 0 Å². The molecule has 0 spiro atoms. The lowest BCUT2D eigenvalue weighted by Crippen LogP contribution is -2.14. The molecule has 2 aromatic rings. The Balaban J connectivity index is 1.60. The number of hydrogen-bond donors (Lipinski definition) is 0. The van der Waals surface area contributed by atoms with Crippen LogP contribution in [0.2, 0.25) is 0 Å². The molecule has 0 N–H and O–H groups in total. The summed E-state index contributed by atoms with van der Waals surface area (Å²) in [6, 6.07) is 8.95. The zero-order valence-corrected chi connectivity index (χ0v) is 16.8. The number of rotatable bonds is 7. The molecule has 3 rings (SSSR count). The van der Waals surface area contributed by atoms with Crippen molar-refractivity contribution in [3.8, 4) is 11.4 Å². The summed E-state index contributed by atoms with van der Waals surface area (Å²) < 4.78 is 0. The number of unbranched alkanes of at least 4 members (excludes halogenated alkanes) is 2. The fraction of sp³-hybridized carbons (Fsp3) is 0.545. The molecule has 1 saturated carbocycles. The van der Waals surface area contributed by atoms with Crippen molar-refractivity contribution < 1.29 is 0 Å². The Bertz CT molecular complexity index is 628. The van der Waals surface area contributed by atoms with Gasteiger partial charge in [-0.2, -0.15) is 0 Å². The van der Waals surface area contributed by atoms with Gasteiger partial charge in [-0.25, -0.2) is 9.97 Å². The third kappa shape index (κ3) is 5.13. The molecule has 1 aliphatic carbocycles. The fourth-order valence-corrected chi connectivity index (χ4v) is 4.41. The molecular weight excluding hydrogens is 372 g/mol. The second kappa shape index (κ2) is 9.47. The van der Waals surface area contributed by atoms with Crippen LogP contribution >= 0.6 is 15.9 Å². The van der Waals surface area contributed by atoms with Crippen LogP contribution in [0.5, 0.6) is 0 Å². The highest BCUT2D eigenvalue weighted by Crippen LogP contribution is 2.36. The van der Waals surface area contributed by atoms with Gasteiger partial charge in [0.05, 0.1) is 0 Å². The van der Waals surface area contributed by atoms with Crippen LogP contribution in [0.4, 0.5) is 0 Å². The summed E-state index contributed by atoms with van der Waals surface area (Å²) in [5, 5.41) is 1.16. The molecule has 1 aromatic carbocycles. The van der Waals surface area contributed by atoms with Crippen LogP contribution in [0, 0.1) is 5.92 Å². The highest BCUT2D eigenvalue weighted by atomic mass is 79.9. The summed E-state index contributed by atoms with van der Waals surface area (Å²) in [7, 11) is 0. The van der Waals surface area contributed by atoms with Crippen LogP contribution in [0.3, 0.4) is 0 Å². The Morgan fingerprint density at radius 3 is 2.24 bits per heavy atom. The first-order chi connectivity index (χ1) is 12.3. The lowest BCUT2D eigenvalue weighted by molar-refractivity contribution is 0.354. The van der Waals surface area contributed by atoms with E-state index in [1.807, 2.05) is 12.4 Å². The Hall–Kier alpha value is -1.22. The van der Waals surface area contributed by atoms with Crippen molar-refractivity contribution in [3.05, 3.63) is 47.8 Å². The van der Waals surface area contributed by atoms with Crippen LogP contribution in [-0.2, 0) is 6.42 Å². The fourth-order valence-electron chi connectivity index (χ4n) is 3.77. The van der Waals surface area contributed by atoms with Gasteiger partial charge in [0.25, 0.3) is 0 Å². The van der Waals surface area contributed by atoms with Gasteiger partial charge < -0.3 is 0 Å². The quantitative estimate of drug-likeness (QED) is 0.389. The van der Waals surface area contributed by atoms with Gasteiger partial charge in [0.2, 0.25) is 0 Å². The maximum absolute atomic E-state index is 4.57. The molecule has 0 unspecified atom stereocenters. The zero-order valence-electron chi connectivity index (χ0n) is 15.3. The Kier molecular flexibility index (Phi) is 7.03. The SMILES string of the molecule is CCCCCc1cnc(-c2ccc([C@H]3CC[C@H](CBr)CC3)cc2)nc1. The normalized spacial score (nSPS) is 20.6. The van der Waals surface area contributed by atoms with Crippen molar-refractivity contribution >= 4 is 15.9 Å². The predicted octanol–water partition coefficient (Wildman–Crippen LogP) is 6.55. The number of nitrogens with zero attached hydrogens (tertiary/aromatic N) is 2. The average Bonchev–Trinajstić information content (AvgIpc) is 2.69. The van der Waals surface area contributed by atoms with Gasteiger partial charge in [0.15, 0.2) is 5.82 Å². The van der Waals surface area contributed by atoms with E-state index in [2.05, 4.69) is 57.1 Å². The van der Waals surface area contributed by atoms with Gasteiger partial charge in [-0.3, -0.25) is 0 Å². The molecule has 1 aliphatic rings. The molecule has 0 radical (unpaired) electrons. The van der Waals surface area contributed by atoms with Crippen molar-refractivity contribution in [2.75, 3.05) is 5.33 Å². The largest absolute Gasteiger partial charge is 0.236 e. The van der Waals surface area contributed by atoms with Crippen LogP contribution in [0.25, 0.3) is 11.4 Å². The summed E-state index contributed by atoms with van der Waals surface area (Å²) in [4.78, 5) is 9.15. The van der Waals surface area contributed by atoms with Gasteiger partial charge in [0.1, 0.15) is 0 Å². The maximum Gasteiger partial charge on any atom is 0.159 e. The molecule has 0 saturated heterocycles. The van der Waals surface area contributed by atoms with Crippen LogP contribution in [-0.4, -0.2) is 15.3 Å². The van der Waals surface area contributed by atoms with Crippen molar-refractivity contribution in [2.45, 2.75) is 64.2 Å². The van der Waals surface area contributed by atoms with Crippen molar-refractivity contribution in [3.63, 3.8) is 0 Å². The predicted molar refractivity (Wildman–Crippen MR) is 109 cm³/mol. The van der Waals surface area contributed by atoms with E-state index in [9.17, 15) is 0 Å². The second-order valence-corrected chi connectivity index (χ2v) is 8.01. The first-order valence-electron chi connectivity index (χ1n) is 9.77. The van der Waals surface area contributed by atoms with E-state index < -0.39 is 0 Å². The van der Waals surface area contributed by atoms with E-state index in [1.54, 1.807) is 0 Å². The molecule has 0 atom stereocenters. The van der Waals surface area contributed by atoms with E-state index in [-0.39, 0.29) is 0 Å². The van der Waals surface area contributed by atoms with E-state index >= 15 is 0 Å². The van der Waals surface area contributed by atoms with Gasteiger partial charge >= 0.3 is 0 Å². The van der Waals surface area contributed by atoms with Crippen molar-refractivity contribution in [1.82, 2.24) is 9.97 Å². The number of aryl methyl sites for hydroxylation is 1. The lowest BCUT2D eigenvalue weighted by Gasteiger charge is -2.27. The van der Waals surface area contributed by atoms with Crippen molar-refractivity contribution in [1.29, 1.82) is 0 Å². The standard InChI is InChI=1S/C22H29BrN2/c1-2-3-4-5-18-15-24-22(25-16-18)21-12-10-20(11-13-21)19-8-6-17(14-23)7-9-19/h10-13,15-17,19H,2-9,14H2,1H3/t17-,19-. The molecule has 3 heteroatoms. The number of alkyl halides is 1. The van der Waals surface area contributed by atoms with Gasteiger partial charge in [-0.1, -0.05) is 60.0 Å². The Labute approximate surface area is 160 Å². The highest BCUT2D eigenvalue weighted by Gasteiger charge is 2.21. The maximum atomic E-state index is 4.57. The smallest absolute Gasteiger partial charge is 0.159 e. The van der Waals surface area contributed by atoms with Crippen molar-refractivity contribution in [2.24, 2.45) is 5.92 Å². The summed E-state index contributed by atoms with van der Waals surface area (Å²) in [6.45, 7) is 2.23. The van der Waals surface area contributed by atoms with E-state index in [0.717, 1.165) is 35.0 Å². The molecular formula is C22H29BrN2. The number of benzene rings is 1. The molecule has 134 valence electrons. The molecule has 0 aliphatic heterocycles. The van der Waals surface area contributed by atoms with Crippen LogP contribution in [0.1, 0.15) is 68.9 Å².